The zero-order valence-corrected chi connectivity index (χ0v) is 6.18. The van der Waals surface area contributed by atoms with Crippen LogP contribution in [0.5, 0.6) is 0 Å². The van der Waals surface area contributed by atoms with Crippen molar-refractivity contribution in [2.24, 2.45) is 0 Å². The number of halogens is 1. The van der Waals surface area contributed by atoms with E-state index >= 15 is 0 Å². The van der Waals surface area contributed by atoms with E-state index in [2.05, 4.69) is 9.97 Å². The molecule has 0 unspecified atom stereocenters. The Labute approximate surface area is 68.5 Å². The molecule has 0 bridgehead atoms. The second kappa shape index (κ2) is 2.73. The van der Waals surface area contributed by atoms with E-state index < -0.39 is 0 Å². The lowest BCUT2D eigenvalue weighted by Crippen LogP contribution is -1.97. The molecule has 3 nitrogen and oxygen atoms in total. The van der Waals surface area contributed by atoms with Gasteiger partial charge in [0.2, 0.25) is 0 Å². The summed E-state index contributed by atoms with van der Waals surface area (Å²) in [6.07, 6.45) is 6.27. The Balaban J connectivity index is 2.55. The standard InChI is InChI=1S/C8H6FN3/c9-7-2-1-3-11-8(7)12-5-4-10-6-12/h1-6H. The molecule has 0 aliphatic rings. The number of hydrogen-bond acceptors (Lipinski definition) is 2. The Morgan fingerprint density at radius 3 is 2.92 bits per heavy atom. The summed E-state index contributed by atoms with van der Waals surface area (Å²) in [6.45, 7) is 0. The predicted octanol–water partition coefficient (Wildman–Crippen LogP) is 1.41. The van der Waals surface area contributed by atoms with Crippen LogP contribution >= 0.6 is 0 Å². The van der Waals surface area contributed by atoms with Crippen LogP contribution in [-0.2, 0) is 0 Å². The summed E-state index contributed by atoms with van der Waals surface area (Å²) in [6, 6.07) is 2.91. The fourth-order valence-electron chi connectivity index (χ4n) is 0.952. The molecule has 0 atom stereocenters. The number of imidazole rings is 1. The van der Waals surface area contributed by atoms with Gasteiger partial charge >= 0.3 is 0 Å². The molecule has 4 heteroatoms. The first-order chi connectivity index (χ1) is 5.88. The van der Waals surface area contributed by atoms with Crippen LogP contribution in [0.25, 0.3) is 5.82 Å². The van der Waals surface area contributed by atoms with Gasteiger partial charge < -0.3 is 0 Å². The molecular weight excluding hydrogens is 157 g/mol. The van der Waals surface area contributed by atoms with Gasteiger partial charge in [-0.25, -0.2) is 14.4 Å². The minimum absolute atomic E-state index is 0.273. The highest BCUT2D eigenvalue weighted by Crippen LogP contribution is 2.07. The maximum absolute atomic E-state index is 13.0. The SMILES string of the molecule is Fc1cccnc1-n1ccnc1. The molecule has 12 heavy (non-hydrogen) atoms. The minimum Gasteiger partial charge on any atom is -0.288 e. The Kier molecular flexibility index (Phi) is 1.59. The quantitative estimate of drug-likeness (QED) is 0.636. The van der Waals surface area contributed by atoms with Crippen molar-refractivity contribution < 1.29 is 4.39 Å². The largest absolute Gasteiger partial charge is 0.288 e. The van der Waals surface area contributed by atoms with Crippen LogP contribution < -0.4 is 0 Å². The predicted molar refractivity (Wildman–Crippen MR) is 41.3 cm³/mol. The molecule has 0 fully saturated rings. The molecule has 0 spiro atoms. The van der Waals surface area contributed by atoms with E-state index in [9.17, 15) is 4.39 Å². The van der Waals surface area contributed by atoms with E-state index in [4.69, 9.17) is 0 Å². The zero-order valence-electron chi connectivity index (χ0n) is 6.18. The van der Waals surface area contributed by atoms with E-state index in [-0.39, 0.29) is 11.6 Å². The van der Waals surface area contributed by atoms with Crippen LogP contribution in [-0.4, -0.2) is 14.5 Å². The Morgan fingerprint density at radius 2 is 2.25 bits per heavy atom. The van der Waals surface area contributed by atoms with Crippen molar-refractivity contribution in [2.45, 2.75) is 0 Å². The van der Waals surface area contributed by atoms with Gasteiger partial charge in [0.05, 0.1) is 0 Å². The van der Waals surface area contributed by atoms with Crippen molar-refractivity contribution in [3.63, 3.8) is 0 Å². The first kappa shape index (κ1) is 6.97. The van der Waals surface area contributed by atoms with Gasteiger partial charge in [-0.3, -0.25) is 4.57 Å². The summed E-state index contributed by atoms with van der Waals surface area (Å²) in [5.41, 5.74) is 0. The molecule has 0 radical (unpaired) electrons. The van der Waals surface area contributed by atoms with Gasteiger partial charge in [-0.1, -0.05) is 0 Å². The van der Waals surface area contributed by atoms with E-state index in [0.717, 1.165) is 0 Å². The van der Waals surface area contributed by atoms with Crippen molar-refractivity contribution in [1.82, 2.24) is 14.5 Å². The van der Waals surface area contributed by atoms with E-state index in [1.165, 1.54) is 17.0 Å². The molecule has 0 aliphatic heterocycles. The number of hydrogen-bond donors (Lipinski definition) is 0. The fraction of sp³-hybridized carbons (Fsp3) is 0. The van der Waals surface area contributed by atoms with Crippen LogP contribution in [0.4, 0.5) is 4.39 Å². The van der Waals surface area contributed by atoms with Crippen molar-refractivity contribution in [2.75, 3.05) is 0 Å². The topological polar surface area (TPSA) is 30.7 Å². The maximum atomic E-state index is 13.0. The minimum atomic E-state index is -0.351. The molecule has 0 N–H and O–H groups in total. The summed E-state index contributed by atoms with van der Waals surface area (Å²) in [5.74, 6) is -0.0782. The molecule has 0 saturated heterocycles. The van der Waals surface area contributed by atoms with Gasteiger partial charge in [-0.2, -0.15) is 0 Å². The lowest BCUT2D eigenvalue weighted by molar-refractivity contribution is 0.609. The zero-order chi connectivity index (χ0) is 8.39. The first-order valence-corrected chi connectivity index (χ1v) is 3.47. The average Bonchev–Trinajstić information content (AvgIpc) is 2.57. The third-order valence-electron chi connectivity index (χ3n) is 1.49. The monoisotopic (exact) mass is 163 g/mol. The number of pyridine rings is 1. The summed E-state index contributed by atoms with van der Waals surface area (Å²) in [5, 5.41) is 0. The highest BCUT2D eigenvalue weighted by Gasteiger charge is 2.02. The Bertz CT molecular complexity index is 370. The molecule has 2 rings (SSSR count). The van der Waals surface area contributed by atoms with Crippen LogP contribution in [0.15, 0.2) is 37.1 Å². The van der Waals surface area contributed by atoms with Crippen molar-refractivity contribution >= 4 is 0 Å². The molecule has 0 aliphatic carbocycles. The molecule has 2 heterocycles. The fourth-order valence-corrected chi connectivity index (χ4v) is 0.952. The van der Waals surface area contributed by atoms with Crippen LogP contribution in [0.2, 0.25) is 0 Å². The smallest absolute Gasteiger partial charge is 0.174 e. The van der Waals surface area contributed by atoms with Crippen molar-refractivity contribution in [3.8, 4) is 5.82 Å². The van der Waals surface area contributed by atoms with Gasteiger partial charge in [0.1, 0.15) is 6.33 Å². The van der Waals surface area contributed by atoms with E-state index in [0.29, 0.717) is 0 Å². The third-order valence-corrected chi connectivity index (χ3v) is 1.49. The first-order valence-electron chi connectivity index (χ1n) is 3.47. The number of nitrogens with zero attached hydrogens (tertiary/aromatic N) is 3. The number of aromatic nitrogens is 3. The average molecular weight is 163 g/mol. The van der Waals surface area contributed by atoms with E-state index in [1.54, 1.807) is 24.7 Å². The molecule has 0 aromatic carbocycles. The summed E-state index contributed by atoms with van der Waals surface area (Å²) < 4.78 is 14.6. The molecule has 2 aromatic rings. The van der Waals surface area contributed by atoms with Crippen LogP contribution in [0, 0.1) is 5.82 Å². The van der Waals surface area contributed by atoms with Crippen molar-refractivity contribution in [3.05, 3.63) is 42.9 Å². The summed E-state index contributed by atoms with van der Waals surface area (Å²) in [4.78, 5) is 7.66. The molecule has 60 valence electrons. The Morgan fingerprint density at radius 1 is 1.33 bits per heavy atom. The second-order valence-corrected chi connectivity index (χ2v) is 2.28. The van der Waals surface area contributed by atoms with Gasteiger partial charge in [0.25, 0.3) is 0 Å². The molecule has 2 aromatic heterocycles. The highest BCUT2D eigenvalue weighted by atomic mass is 19.1. The van der Waals surface area contributed by atoms with Gasteiger partial charge in [0.15, 0.2) is 11.6 Å². The summed E-state index contributed by atoms with van der Waals surface area (Å²) >= 11 is 0. The maximum Gasteiger partial charge on any atom is 0.174 e. The normalized spacial score (nSPS) is 10.1. The van der Waals surface area contributed by atoms with E-state index in [1.807, 2.05) is 0 Å². The lowest BCUT2D eigenvalue weighted by Gasteiger charge is -1.99. The van der Waals surface area contributed by atoms with Crippen LogP contribution in [0.1, 0.15) is 0 Å². The van der Waals surface area contributed by atoms with Crippen molar-refractivity contribution in [1.29, 1.82) is 0 Å². The Hall–Kier alpha value is -1.71. The lowest BCUT2D eigenvalue weighted by atomic mass is 10.4. The number of rotatable bonds is 1. The second-order valence-electron chi connectivity index (χ2n) is 2.28. The molecular formula is C8H6FN3. The highest BCUT2D eigenvalue weighted by molar-refractivity contribution is 5.23. The van der Waals surface area contributed by atoms with Crippen LogP contribution in [0.3, 0.4) is 0 Å². The third kappa shape index (κ3) is 1.07. The van der Waals surface area contributed by atoms with Gasteiger partial charge in [-0.05, 0) is 12.1 Å². The van der Waals surface area contributed by atoms with Gasteiger partial charge in [0, 0.05) is 18.6 Å². The molecule has 0 saturated carbocycles. The van der Waals surface area contributed by atoms with Gasteiger partial charge in [-0.15, -0.1) is 0 Å². The molecule has 0 amide bonds. The summed E-state index contributed by atoms with van der Waals surface area (Å²) in [7, 11) is 0.